The third-order valence-electron chi connectivity index (χ3n) is 2.94. The van der Waals surface area contributed by atoms with E-state index < -0.39 is 18.5 Å². The van der Waals surface area contributed by atoms with Gasteiger partial charge in [0.05, 0.1) is 12.3 Å². The van der Waals surface area contributed by atoms with Gasteiger partial charge in [-0.15, -0.1) is 0 Å². The van der Waals surface area contributed by atoms with E-state index in [1.807, 2.05) is 30.3 Å². The SMILES string of the molecule is OC1COC(c2ccccc2)OC1c1ccn[nH]1. The number of hydrogen-bond donors (Lipinski definition) is 2. The van der Waals surface area contributed by atoms with Gasteiger partial charge in [0.25, 0.3) is 0 Å². The van der Waals surface area contributed by atoms with Crippen molar-refractivity contribution in [3.63, 3.8) is 0 Å². The van der Waals surface area contributed by atoms with Crippen molar-refractivity contribution in [2.24, 2.45) is 0 Å². The Morgan fingerprint density at radius 2 is 2.06 bits per heavy atom. The lowest BCUT2D eigenvalue weighted by atomic mass is 10.1. The van der Waals surface area contributed by atoms with Crippen LogP contribution in [0.25, 0.3) is 0 Å². The lowest BCUT2D eigenvalue weighted by Crippen LogP contribution is -2.34. The van der Waals surface area contributed by atoms with Crippen molar-refractivity contribution < 1.29 is 14.6 Å². The number of nitrogens with one attached hydrogen (secondary N) is 1. The van der Waals surface area contributed by atoms with Crippen molar-refractivity contribution >= 4 is 0 Å². The summed E-state index contributed by atoms with van der Waals surface area (Å²) in [6.45, 7) is 0.239. The van der Waals surface area contributed by atoms with E-state index >= 15 is 0 Å². The van der Waals surface area contributed by atoms with Crippen LogP contribution < -0.4 is 0 Å². The Morgan fingerprint density at radius 3 is 2.78 bits per heavy atom. The Labute approximate surface area is 104 Å². The first-order chi connectivity index (χ1) is 8.84. The number of nitrogens with zero attached hydrogens (tertiary/aromatic N) is 1. The van der Waals surface area contributed by atoms with E-state index in [-0.39, 0.29) is 6.61 Å². The van der Waals surface area contributed by atoms with E-state index in [9.17, 15) is 5.11 Å². The molecule has 1 aromatic heterocycles. The molecule has 1 aromatic carbocycles. The Kier molecular flexibility index (Phi) is 3.10. The summed E-state index contributed by atoms with van der Waals surface area (Å²) in [5, 5.41) is 16.6. The van der Waals surface area contributed by atoms with E-state index in [1.165, 1.54) is 0 Å². The summed E-state index contributed by atoms with van der Waals surface area (Å²) in [4.78, 5) is 0. The third kappa shape index (κ3) is 2.15. The number of hydrogen-bond acceptors (Lipinski definition) is 4. The molecule has 1 fully saturated rings. The fourth-order valence-corrected chi connectivity index (χ4v) is 2.03. The van der Waals surface area contributed by atoms with Crippen LogP contribution in [0.3, 0.4) is 0 Å². The smallest absolute Gasteiger partial charge is 0.184 e. The van der Waals surface area contributed by atoms with Gasteiger partial charge in [0.1, 0.15) is 12.2 Å². The van der Waals surface area contributed by atoms with Crippen LogP contribution in [0.1, 0.15) is 23.7 Å². The monoisotopic (exact) mass is 246 g/mol. The van der Waals surface area contributed by atoms with E-state index in [4.69, 9.17) is 9.47 Å². The second-order valence-corrected chi connectivity index (χ2v) is 4.21. The van der Waals surface area contributed by atoms with Crippen LogP contribution in [0.2, 0.25) is 0 Å². The van der Waals surface area contributed by atoms with Crippen LogP contribution in [-0.4, -0.2) is 28.0 Å². The molecule has 0 saturated carbocycles. The molecular weight excluding hydrogens is 232 g/mol. The van der Waals surface area contributed by atoms with Gasteiger partial charge in [-0.2, -0.15) is 5.10 Å². The van der Waals surface area contributed by atoms with E-state index in [0.717, 1.165) is 11.3 Å². The minimum atomic E-state index is -0.689. The molecule has 1 saturated heterocycles. The number of ether oxygens (including phenoxy) is 2. The van der Waals surface area contributed by atoms with Crippen LogP contribution in [0.15, 0.2) is 42.6 Å². The van der Waals surface area contributed by atoms with Gasteiger partial charge in [-0.05, 0) is 6.07 Å². The number of aliphatic hydroxyl groups excluding tert-OH is 1. The summed E-state index contributed by atoms with van der Waals surface area (Å²) in [5.41, 5.74) is 1.70. The number of aliphatic hydroxyl groups is 1. The molecule has 0 radical (unpaired) electrons. The Morgan fingerprint density at radius 1 is 1.22 bits per heavy atom. The molecule has 0 spiro atoms. The van der Waals surface area contributed by atoms with Gasteiger partial charge < -0.3 is 14.6 Å². The maximum Gasteiger partial charge on any atom is 0.184 e. The minimum absolute atomic E-state index is 0.239. The molecule has 2 heterocycles. The summed E-state index contributed by atoms with van der Waals surface area (Å²) in [6, 6.07) is 11.5. The molecule has 3 rings (SSSR count). The summed E-state index contributed by atoms with van der Waals surface area (Å²) in [6.07, 6.45) is 0.0538. The van der Waals surface area contributed by atoms with Crippen molar-refractivity contribution in [3.05, 3.63) is 53.9 Å². The largest absolute Gasteiger partial charge is 0.388 e. The molecule has 3 unspecified atom stereocenters. The number of aromatic amines is 1. The van der Waals surface area contributed by atoms with Crippen LogP contribution >= 0.6 is 0 Å². The molecule has 18 heavy (non-hydrogen) atoms. The Hall–Kier alpha value is -1.69. The number of H-pyrrole nitrogens is 1. The molecule has 0 aliphatic carbocycles. The zero-order chi connectivity index (χ0) is 12.4. The van der Waals surface area contributed by atoms with Gasteiger partial charge in [0.15, 0.2) is 6.29 Å². The molecule has 0 amide bonds. The Bertz CT molecular complexity index is 486. The molecule has 94 valence electrons. The van der Waals surface area contributed by atoms with Crippen molar-refractivity contribution in [1.82, 2.24) is 10.2 Å². The maximum atomic E-state index is 9.91. The second-order valence-electron chi connectivity index (χ2n) is 4.21. The van der Waals surface area contributed by atoms with E-state index in [1.54, 1.807) is 12.3 Å². The van der Waals surface area contributed by atoms with Crippen LogP contribution in [-0.2, 0) is 9.47 Å². The lowest BCUT2D eigenvalue weighted by Gasteiger charge is -2.33. The molecule has 2 aromatic rings. The highest BCUT2D eigenvalue weighted by Crippen LogP contribution is 2.33. The second kappa shape index (κ2) is 4.89. The predicted molar refractivity (Wildman–Crippen MR) is 63.6 cm³/mol. The highest BCUT2D eigenvalue weighted by molar-refractivity contribution is 5.17. The van der Waals surface area contributed by atoms with Crippen molar-refractivity contribution in [2.75, 3.05) is 6.61 Å². The quantitative estimate of drug-likeness (QED) is 0.843. The predicted octanol–water partition coefficient (Wildman–Crippen LogP) is 1.56. The van der Waals surface area contributed by atoms with Crippen molar-refractivity contribution in [1.29, 1.82) is 0 Å². The highest BCUT2D eigenvalue weighted by atomic mass is 16.7. The number of benzene rings is 1. The molecular formula is C13H14N2O3. The van der Waals surface area contributed by atoms with Crippen LogP contribution in [0.4, 0.5) is 0 Å². The Balaban J connectivity index is 1.80. The fourth-order valence-electron chi connectivity index (χ4n) is 2.03. The molecule has 0 bridgehead atoms. The molecule has 5 nitrogen and oxygen atoms in total. The van der Waals surface area contributed by atoms with Gasteiger partial charge in [-0.1, -0.05) is 30.3 Å². The molecule has 3 atom stereocenters. The van der Waals surface area contributed by atoms with Gasteiger partial charge in [0.2, 0.25) is 0 Å². The van der Waals surface area contributed by atoms with Crippen molar-refractivity contribution in [2.45, 2.75) is 18.5 Å². The molecule has 2 N–H and O–H groups in total. The average molecular weight is 246 g/mol. The first-order valence-electron chi connectivity index (χ1n) is 5.84. The van der Waals surface area contributed by atoms with Gasteiger partial charge in [0, 0.05) is 11.8 Å². The number of aromatic nitrogens is 2. The maximum absolute atomic E-state index is 9.91. The average Bonchev–Trinajstić information content (AvgIpc) is 2.94. The van der Waals surface area contributed by atoms with Gasteiger partial charge >= 0.3 is 0 Å². The minimum Gasteiger partial charge on any atom is -0.388 e. The molecule has 1 aliphatic rings. The first-order valence-corrected chi connectivity index (χ1v) is 5.84. The standard InChI is InChI=1S/C13H14N2O3/c16-11-8-17-13(9-4-2-1-3-5-9)18-12(11)10-6-7-14-15-10/h1-7,11-13,16H,8H2,(H,14,15). The normalized spacial score (nSPS) is 28.2. The van der Waals surface area contributed by atoms with E-state index in [2.05, 4.69) is 10.2 Å². The highest BCUT2D eigenvalue weighted by Gasteiger charge is 2.33. The van der Waals surface area contributed by atoms with Gasteiger partial charge in [-0.25, -0.2) is 0 Å². The summed E-state index contributed by atoms with van der Waals surface area (Å²) in [5.74, 6) is 0. The third-order valence-corrected chi connectivity index (χ3v) is 2.94. The number of rotatable bonds is 2. The fraction of sp³-hybridized carbons (Fsp3) is 0.308. The van der Waals surface area contributed by atoms with Crippen LogP contribution in [0.5, 0.6) is 0 Å². The first kappa shape index (κ1) is 11.4. The van der Waals surface area contributed by atoms with Crippen molar-refractivity contribution in [3.8, 4) is 0 Å². The topological polar surface area (TPSA) is 67.4 Å². The summed E-state index contributed by atoms with van der Waals surface area (Å²) in [7, 11) is 0. The zero-order valence-electron chi connectivity index (χ0n) is 9.69. The lowest BCUT2D eigenvalue weighted by molar-refractivity contribution is -0.260. The zero-order valence-corrected chi connectivity index (χ0v) is 9.69. The summed E-state index contributed by atoms with van der Waals surface area (Å²) < 4.78 is 11.3. The van der Waals surface area contributed by atoms with Crippen LogP contribution in [0, 0.1) is 0 Å². The molecule has 5 heteroatoms. The summed E-state index contributed by atoms with van der Waals surface area (Å²) >= 11 is 0. The molecule has 1 aliphatic heterocycles. The van der Waals surface area contributed by atoms with E-state index in [0.29, 0.717) is 0 Å². The van der Waals surface area contributed by atoms with Gasteiger partial charge in [-0.3, -0.25) is 5.10 Å².